The van der Waals surface area contributed by atoms with Gasteiger partial charge in [-0.25, -0.2) is 4.79 Å². The van der Waals surface area contributed by atoms with E-state index < -0.39 is 11.0 Å². The molecule has 0 heterocycles. The van der Waals surface area contributed by atoms with Crippen LogP contribution in [0.1, 0.15) is 0 Å². The van der Waals surface area contributed by atoms with Crippen LogP contribution in [0.15, 0.2) is 18.2 Å². The first-order valence-electron chi connectivity index (χ1n) is 6.42. The van der Waals surface area contributed by atoms with Crippen LogP contribution < -0.4 is 15.2 Å². The topological polar surface area (TPSA) is 143 Å². The van der Waals surface area contributed by atoms with Crippen molar-refractivity contribution < 1.29 is 33.8 Å². The van der Waals surface area contributed by atoms with Gasteiger partial charge in [0.05, 0.1) is 24.2 Å². The molecule has 10 nitrogen and oxygen atoms in total. The van der Waals surface area contributed by atoms with Crippen molar-refractivity contribution in [3.05, 3.63) is 28.3 Å². The molecule has 23 heavy (non-hydrogen) atoms. The van der Waals surface area contributed by atoms with E-state index in [2.05, 4.69) is 5.73 Å². The molecule has 0 aliphatic rings. The van der Waals surface area contributed by atoms with Gasteiger partial charge in [0, 0.05) is 20.3 Å². The number of rotatable bonds is 9. The summed E-state index contributed by atoms with van der Waals surface area (Å²) in [5.74, 6) is 0.765. The molecule has 0 spiro atoms. The molecular weight excluding hydrogens is 312 g/mol. The van der Waals surface area contributed by atoms with Crippen LogP contribution in [0, 0.1) is 10.1 Å². The highest BCUT2D eigenvalue weighted by atomic mass is 16.6. The Morgan fingerprint density at radius 1 is 1.13 bits per heavy atom. The number of methoxy groups -OCH3 is 2. The molecule has 1 amide bonds. The predicted molar refractivity (Wildman–Crippen MR) is 80.1 cm³/mol. The van der Waals surface area contributed by atoms with Gasteiger partial charge in [0.25, 0.3) is 5.69 Å². The zero-order valence-corrected chi connectivity index (χ0v) is 12.9. The molecule has 0 aliphatic carbocycles. The van der Waals surface area contributed by atoms with Crippen LogP contribution in [0.5, 0.6) is 11.5 Å². The molecule has 0 bridgehead atoms. The number of amides is 1. The van der Waals surface area contributed by atoms with E-state index in [1.807, 2.05) is 0 Å². The standard InChI is InChI=1S/C12H17NO6.CH3NO2/c1-16-5-7-18-11-4-3-10(13(14)15)9-12(11)19-8-6-17-2;2-1(3)4/h3-4,9H,5-8H2,1-2H3;2H2,(H,3,4). The third kappa shape index (κ3) is 9.87. The van der Waals surface area contributed by atoms with Crippen molar-refractivity contribution in [1.82, 2.24) is 0 Å². The molecule has 0 unspecified atom stereocenters. The summed E-state index contributed by atoms with van der Waals surface area (Å²) in [5, 5.41) is 17.9. The van der Waals surface area contributed by atoms with E-state index in [1.165, 1.54) is 18.2 Å². The van der Waals surface area contributed by atoms with Crippen molar-refractivity contribution in [1.29, 1.82) is 0 Å². The molecule has 3 N–H and O–H groups in total. The average Bonchev–Trinajstić information content (AvgIpc) is 2.48. The molecule has 0 saturated heterocycles. The summed E-state index contributed by atoms with van der Waals surface area (Å²) in [7, 11) is 3.11. The Morgan fingerprint density at radius 3 is 2.04 bits per heavy atom. The number of nitrogens with two attached hydrogens (primary N) is 1. The number of carboxylic acid groups (broad SMARTS) is 1. The zero-order chi connectivity index (χ0) is 17.7. The minimum absolute atomic E-state index is 0.0495. The Kier molecular flexibility index (Phi) is 10.7. The number of hydrogen-bond acceptors (Lipinski definition) is 7. The van der Waals surface area contributed by atoms with Gasteiger partial charge in [0.1, 0.15) is 13.2 Å². The van der Waals surface area contributed by atoms with Crippen molar-refractivity contribution in [3.63, 3.8) is 0 Å². The third-order valence-electron chi connectivity index (χ3n) is 2.23. The van der Waals surface area contributed by atoms with Crippen molar-refractivity contribution in [2.45, 2.75) is 0 Å². The molecule has 0 atom stereocenters. The molecule has 1 aromatic rings. The van der Waals surface area contributed by atoms with E-state index in [4.69, 9.17) is 28.8 Å². The molecule has 0 aliphatic heterocycles. The Morgan fingerprint density at radius 2 is 1.61 bits per heavy atom. The summed E-state index contributed by atoms with van der Waals surface area (Å²) in [6.07, 6.45) is -1.33. The maximum atomic E-state index is 10.7. The van der Waals surface area contributed by atoms with Crippen molar-refractivity contribution >= 4 is 11.8 Å². The maximum Gasteiger partial charge on any atom is 0.402 e. The second-order valence-corrected chi connectivity index (χ2v) is 3.91. The number of primary amides is 1. The van der Waals surface area contributed by atoms with Crippen LogP contribution >= 0.6 is 0 Å². The van der Waals surface area contributed by atoms with Crippen LogP contribution in [0.2, 0.25) is 0 Å². The lowest BCUT2D eigenvalue weighted by atomic mass is 10.3. The maximum absolute atomic E-state index is 10.7. The fourth-order valence-corrected chi connectivity index (χ4v) is 1.31. The van der Waals surface area contributed by atoms with Crippen molar-refractivity contribution in [2.75, 3.05) is 40.6 Å². The summed E-state index contributed by atoms with van der Waals surface area (Å²) in [6.45, 7) is 1.45. The number of nitrogens with zero attached hydrogens (tertiary/aromatic N) is 1. The van der Waals surface area contributed by atoms with Gasteiger partial charge in [-0.3, -0.25) is 10.1 Å². The van der Waals surface area contributed by atoms with Gasteiger partial charge >= 0.3 is 6.09 Å². The number of nitro groups is 1. The Balaban J connectivity index is 0.00000108. The van der Waals surface area contributed by atoms with E-state index in [0.29, 0.717) is 31.3 Å². The lowest BCUT2D eigenvalue weighted by molar-refractivity contribution is -0.385. The number of ether oxygens (including phenoxy) is 4. The minimum atomic E-state index is -1.33. The zero-order valence-electron chi connectivity index (χ0n) is 12.9. The fraction of sp³-hybridized carbons (Fsp3) is 0.462. The molecular formula is C13H20N2O8. The summed E-state index contributed by atoms with van der Waals surface area (Å²) in [6, 6.07) is 4.21. The molecule has 10 heteroatoms. The number of hydrogen-bond donors (Lipinski definition) is 2. The molecule has 0 aromatic heterocycles. The predicted octanol–water partition coefficient (Wildman–Crippen LogP) is 1.27. The lowest BCUT2D eigenvalue weighted by Crippen LogP contribution is -2.08. The first-order valence-corrected chi connectivity index (χ1v) is 6.42. The first kappa shape index (κ1) is 20.4. The quantitative estimate of drug-likeness (QED) is 0.391. The molecule has 0 fully saturated rings. The SMILES string of the molecule is COCCOc1ccc([N+](=O)[O-])cc1OCCOC.NC(=O)O. The fourth-order valence-electron chi connectivity index (χ4n) is 1.31. The Labute approximate surface area is 132 Å². The summed E-state index contributed by atoms with van der Waals surface area (Å²) in [4.78, 5) is 19.0. The van der Waals surface area contributed by atoms with Gasteiger partial charge in [-0.05, 0) is 6.07 Å². The van der Waals surface area contributed by atoms with Gasteiger partial charge in [0.15, 0.2) is 11.5 Å². The van der Waals surface area contributed by atoms with Gasteiger partial charge in [0.2, 0.25) is 0 Å². The monoisotopic (exact) mass is 332 g/mol. The first-order chi connectivity index (χ1) is 10.9. The minimum Gasteiger partial charge on any atom is -0.487 e. The number of nitro benzene ring substituents is 1. The Bertz CT molecular complexity index is 491. The highest BCUT2D eigenvalue weighted by Gasteiger charge is 2.13. The largest absolute Gasteiger partial charge is 0.487 e. The van der Waals surface area contributed by atoms with Crippen LogP contribution in [-0.4, -0.2) is 56.8 Å². The van der Waals surface area contributed by atoms with Crippen molar-refractivity contribution in [2.24, 2.45) is 5.73 Å². The lowest BCUT2D eigenvalue weighted by Gasteiger charge is -2.12. The number of carbonyl (C=O) groups is 1. The molecule has 0 saturated carbocycles. The van der Waals surface area contributed by atoms with Crippen LogP contribution in [-0.2, 0) is 9.47 Å². The molecule has 1 aromatic carbocycles. The second-order valence-electron chi connectivity index (χ2n) is 3.91. The van der Waals surface area contributed by atoms with Crippen LogP contribution in [0.25, 0.3) is 0 Å². The van der Waals surface area contributed by atoms with Crippen LogP contribution in [0.3, 0.4) is 0 Å². The average molecular weight is 332 g/mol. The molecule has 1 rings (SSSR count). The van der Waals surface area contributed by atoms with Gasteiger partial charge < -0.3 is 29.8 Å². The number of non-ortho nitro benzene ring substituents is 1. The van der Waals surface area contributed by atoms with E-state index in [-0.39, 0.29) is 12.3 Å². The van der Waals surface area contributed by atoms with E-state index in [9.17, 15) is 10.1 Å². The number of benzene rings is 1. The van der Waals surface area contributed by atoms with Crippen molar-refractivity contribution in [3.8, 4) is 11.5 Å². The smallest absolute Gasteiger partial charge is 0.402 e. The summed E-state index contributed by atoms with van der Waals surface area (Å²) in [5.41, 5.74) is 3.98. The summed E-state index contributed by atoms with van der Waals surface area (Å²) >= 11 is 0. The highest BCUT2D eigenvalue weighted by molar-refractivity contribution is 5.61. The van der Waals surface area contributed by atoms with E-state index in [0.717, 1.165) is 0 Å². The molecule has 130 valence electrons. The highest BCUT2D eigenvalue weighted by Crippen LogP contribution is 2.31. The third-order valence-corrected chi connectivity index (χ3v) is 2.23. The molecule has 0 radical (unpaired) electrons. The summed E-state index contributed by atoms with van der Waals surface area (Å²) < 4.78 is 20.6. The second kappa shape index (κ2) is 12.0. The van der Waals surface area contributed by atoms with Gasteiger partial charge in [-0.1, -0.05) is 0 Å². The van der Waals surface area contributed by atoms with Gasteiger partial charge in [-0.15, -0.1) is 0 Å². The van der Waals surface area contributed by atoms with E-state index in [1.54, 1.807) is 14.2 Å². The van der Waals surface area contributed by atoms with E-state index >= 15 is 0 Å². The van der Waals surface area contributed by atoms with Gasteiger partial charge in [-0.2, -0.15) is 0 Å². The normalized spacial score (nSPS) is 9.48. The van der Waals surface area contributed by atoms with Crippen LogP contribution in [0.4, 0.5) is 10.5 Å². The Hall–Kier alpha value is -2.59.